The summed E-state index contributed by atoms with van der Waals surface area (Å²) in [6.07, 6.45) is 0. The Morgan fingerprint density at radius 1 is 1.14 bits per heavy atom. The van der Waals surface area contributed by atoms with Gasteiger partial charge in [-0.25, -0.2) is 9.59 Å². The molecule has 4 N–H and O–H groups in total. The SMILES string of the molecule is Nc1cc(C(=O)O)ccc1C(=O)O.[Ce]. The van der Waals surface area contributed by atoms with Gasteiger partial charge in [0.05, 0.1) is 11.1 Å². The standard InChI is InChI=1S/C8H7NO4.Ce/c9-6-3-4(7(10)11)1-2-5(6)8(12)13;/h1-3H,9H2,(H,10,11)(H,12,13);. The molecule has 0 aliphatic heterocycles. The molecule has 14 heavy (non-hydrogen) atoms. The summed E-state index contributed by atoms with van der Waals surface area (Å²) >= 11 is 0. The summed E-state index contributed by atoms with van der Waals surface area (Å²) in [5.41, 5.74) is 5.15. The number of carbonyl (C=O) groups is 2. The molecule has 0 aromatic heterocycles. The molecule has 0 saturated carbocycles. The average Bonchev–Trinajstić information content (AvgIpc) is 2.03. The molecular weight excluding hydrogens is 314 g/mol. The Bertz CT molecular complexity index is 378. The van der Waals surface area contributed by atoms with Crippen molar-refractivity contribution in [2.75, 3.05) is 5.73 Å². The quantitative estimate of drug-likeness (QED) is 0.695. The van der Waals surface area contributed by atoms with Crippen molar-refractivity contribution < 1.29 is 61.5 Å². The molecule has 0 aliphatic carbocycles. The Morgan fingerprint density at radius 2 is 1.71 bits per heavy atom. The Morgan fingerprint density at radius 3 is 2.07 bits per heavy atom. The molecule has 0 atom stereocenters. The predicted molar refractivity (Wildman–Crippen MR) is 44.8 cm³/mol. The Kier molecular flexibility index (Phi) is 5.03. The number of hydrogen-bond acceptors (Lipinski definition) is 3. The maximum absolute atomic E-state index is 10.5. The van der Waals surface area contributed by atoms with E-state index in [1.807, 2.05) is 0 Å². The minimum Gasteiger partial charge on any atom is -0.478 e. The maximum atomic E-state index is 10.5. The zero-order valence-corrected chi connectivity index (χ0v) is 10.2. The van der Waals surface area contributed by atoms with E-state index in [-0.39, 0.29) is 58.6 Å². The largest absolute Gasteiger partial charge is 0.478 e. The Balaban J connectivity index is 0.00000169. The van der Waals surface area contributed by atoms with Crippen LogP contribution in [0.3, 0.4) is 0 Å². The van der Waals surface area contributed by atoms with Crippen LogP contribution in [0.2, 0.25) is 0 Å². The van der Waals surface area contributed by atoms with E-state index in [1.165, 1.54) is 12.1 Å². The number of carboxylic acids is 2. The summed E-state index contributed by atoms with van der Waals surface area (Å²) in [5, 5.41) is 17.1. The molecule has 0 aliphatic rings. The van der Waals surface area contributed by atoms with Gasteiger partial charge in [0, 0.05) is 47.4 Å². The summed E-state index contributed by atoms with van der Waals surface area (Å²) < 4.78 is 0. The molecule has 1 aromatic carbocycles. The minimum atomic E-state index is -1.17. The van der Waals surface area contributed by atoms with Gasteiger partial charge in [-0.05, 0) is 18.2 Å². The Labute approximate surface area is 113 Å². The van der Waals surface area contributed by atoms with E-state index < -0.39 is 11.9 Å². The minimum absolute atomic E-state index is 0. The summed E-state index contributed by atoms with van der Waals surface area (Å²) in [5.74, 6) is -2.31. The molecule has 0 heterocycles. The van der Waals surface area contributed by atoms with Gasteiger partial charge in [-0.3, -0.25) is 0 Å². The molecular formula is C8H7CeNO4. The number of nitrogens with two attached hydrogens (primary N) is 1. The number of anilines is 1. The predicted octanol–water partition coefficient (Wildman–Crippen LogP) is 0.665. The van der Waals surface area contributed by atoms with Gasteiger partial charge in [0.25, 0.3) is 0 Å². The van der Waals surface area contributed by atoms with Gasteiger partial charge in [-0.2, -0.15) is 0 Å². The number of nitrogen functional groups attached to an aromatic ring is 1. The zero-order valence-electron chi connectivity index (χ0n) is 7.02. The summed E-state index contributed by atoms with van der Waals surface area (Å²) in [6, 6.07) is 3.48. The molecule has 0 saturated heterocycles. The van der Waals surface area contributed by atoms with Crippen LogP contribution in [-0.4, -0.2) is 22.2 Å². The van der Waals surface area contributed by atoms with Crippen molar-refractivity contribution in [2.24, 2.45) is 0 Å². The summed E-state index contributed by atoms with van der Waals surface area (Å²) in [7, 11) is 0. The van der Waals surface area contributed by atoms with Gasteiger partial charge in [0.2, 0.25) is 0 Å². The van der Waals surface area contributed by atoms with Gasteiger partial charge in [-0.1, -0.05) is 0 Å². The second-order valence-corrected chi connectivity index (χ2v) is 2.41. The maximum Gasteiger partial charge on any atom is 0.337 e. The smallest absolute Gasteiger partial charge is 0.337 e. The van der Waals surface area contributed by atoms with Crippen molar-refractivity contribution in [2.45, 2.75) is 0 Å². The third-order valence-corrected chi connectivity index (χ3v) is 1.53. The van der Waals surface area contributed by atoms with Crippen molar-refractivity contribution in [1.29, 1.82) is 0 Å². The molecule has 0 fully saturated rings. The van der Waals surface area contributed by atoms with Crippen LogP contribution in [0.4, 0.5) is 5.69 Å². The molecule has 0 radical (unpaired) electrons. The molecule has 5 nitrogen and oxygen atoms in total. The molecule has 72 valence electrons. The molecule has 0 bridgehead atoms. The van der Waals surface area contributed by atoms with Gasteiger partial charge < -0.3 is 15.9 Å². The molecule has 1 rings (SSSR count). The third-order valence-electron chi connectivity index (χ3n) is 1.53. The summed E-state index contributed by atoms with van der Waals surface area (Å²) in [4.78, 5) is 20.9. The van der Waals surface area contributed by atoms with Crippen LogP contribution in [0, 0.1) is 41.7 Å². The van der Waals surface area contributed by atoms with Gasteiger partial charge in [0.1, 0.15) is 0 Å². The normalized spacial score (nSPS) is 8.86. The second kappa shape index (κ2) is 5.28. The van der Waals surface area contributed by atoms with E-state index in [1.54, 1.807) is 0 Å². The van der Waals surface area contributed by atoms with Crippen LogP contribution in [0.5, 0.6) is 0 Å². The molecule has 1 aromatic rings. The molecule has 0 unspecified atom stereocenters. The first-order valence-electron chi connectivity index (χ1n) is 3.38. The number of carboxylic acid groups (broad SMARTS) is 2. The van der Waals surface area contributed by atoms with E-state index in [4.69, 9.17) is 15.9 Å². The zero-order chi connectivity index (χ0) is 10.0. The van der Waals surface area contributed by atoms with Crippen LogP contribution in [-0.2, 0) is 0 Å². The van der Waals surface area contributed by atoms with Crippen LogP contribution in [0.1, 0.15) is 20.7 Å². The van der Waals surface area contributed by atoms with Crippen molar-refractivity contribution >= 4 is 17.6 Å². The monoisotopic (exact) mass is 321 g/mol. The van der Waals surface area contributed by atoms with E-state index in [0.717, 1.165) is 6.07 Å². The fourth-order valence-electron chi connectivity index (χ4n) is 0.891. The fourth-order valence-corrected chi connectivity index (χ4v) is 0.891. The second-order valence-electron chi connectivity index (χ2n) is 2.41. The topological polar surface area (TPSA) is 101 Å². The van der Waals surface area contributed by atoms with Crippen molar-refractivity contribution in [3.63, 3.8) is 0 Å². The molecule has 0 amide bonds. The van der Waals surface area contributed by atoms with Crippen molar-refractivity contribution in [3.8, 4) is 0 Å². The average molecular weight is 321 g/mol. The van der Waals surface area contributed by atoms with E-state index >= 15 is 0 Å². The van der Waals surface area contributed by atoms with Crippen molar-refractivity contribution in [1.82, 2.24) is 0 Å². The van der Waals surface area contributed by atoms with Gasteiger partial charge in [0.15, 0.2) is 0 Å². The first kappa shape index (κ1) is 13.3. The number of hydrogen-bond donors (Lipinski definition) is 3. The van der Waals surface area contributed by atoms with E-state index in [0.29, 0.717) is 0 Å². The van der Waals surface area contributed by atoms with Gasteiger partial charge in [-0.15, -0.1) is 0 Å². The van der Waals surface area contributed by atoms with Crippen LogP contribution in [0.25, 0.3) is 0 Å². The van der Waals surface area contributed by atoms with Crippen molar-refractivity contribution in [3.05, 3.63) is 29.3 Å². The Hall–Kier alpha value is -0.663. The number of rotatable bonds is 2. The van der Waals surface area contributed by atoms with Gasteiger partial charge >= 0.3 is 11.9 Å². The molecule has 0 spiro atoms. The first-order valence-corrected chi connectivity index (χ1v) is 3.38. The van der Waals surface area contributed by atoms with Crippen LogP contribution in [0.15, 0.2) is 18.2 Å². The number of aromatic carboxylic acids is 2. The van der Waals surface area contributed by atoms with E-state index in [9.17, 15) is 9.59 Å². The third kappa shape index (κ3) is 2.93. The van der Waals surface area contributed by atoms with E-state index in [2.05, 4.69) is 0 Å². The summed E-state index contributed by atoms with van der Waals surface area (Å²) in [6.45, 7) is 0. The number of benzene rings is 1. The fraction of sp³-hybridized carbons (Fsp3) is 0. The molecule has 6 heteroatoms. The first-order chi connectivity index (χ1) is 6.02. The van der Waals surface area contributed by atoms with Crippen LogP contribution < -0.4 is 5.73 Å². The van der Waals surface area contributed by atoms with Crippen LogP contribution >= 0.6 is 0 Å².